The maximum absolute atomic E-state index is 5.82. The lowest BCUT2D eigenvalue weighted by Crippen LogP contribution is -2.26. The smallest absolute Gasteiger partial charge is 0.220 e. The highest BCUT2D eigenvalue weighted by molar-refractivity contribution is 6.31. The van der Waals surface area contributed by atoms with Gasteiger partial charge in [-0.15, -0.1) is 0 Å². The van der Waals surface area contributed by atoms with E-state index >= 15 is 0 Å². The van der Waals surface area contributed by atoms with E-state index in [-0.39, 0.29) is 30.5 Å². The van der Waals surface area contributed by atoms with E-state index in [0.717, 1.165) is 0 Å². The van der Waals surface area contributed by atoms with E-state index in [4.69, 9.17) is 46.1 Å². The van der Waals surface area contributed by atoms with Crippen molar-refractivity contribution in [2.45, 2.75) is 0 Å². The molecule has 2 rings (SSSR count). The van der Waals surface area contributed by atoms with Gasteiger partial charge in [-0.2, -0.15) is 9.98 Å². The van der Waals surface area contributed by atoms with Crippen molar-refractivity contribution in [1.29, 1.82) is 0 Å². The van der Waals surface area contributed by atoms with Gasteiger partial charge in [-0.3, -0.25) is 0 Å². The van der Waals surface area contributed by atoms with Crippen LogP contribution in [0.1, 0.15) is 0 Å². The summed E-state index contributed by atoms with van der Waals surface area (Å²) in [6.07, 6.45) is 0. The summed E-state index contributed by atoms with van der Waals surface area (Å²) in [5.74, 6) is -0.0617. The molecule has 0 aliphatic carbocycles. The Hall–Kier alpha value is -3.50. The zero-order valence-corrected chi connectivity index (χ0v) is 16.7. The number of halogens is 2. The first kappa shape index (κ1) is 21.8. The third kappa shape index (κ3) is 8.37. The predicted octanol–water partition coefficient (Wildman–Crippen LogP) is 1.73. The molecular formula is C17H20Cl2N10. The van der Waals surface area contributed by atoms with Gasteiger partial charge in [0.1, 0.15) is 6.67 Å². The van der Waals surface area contributed by atoms with Crippen molar-refractivity contribution in [1.82, 2.24) is 0 Å². The maximum Gasteiger partial charge on any atom is 0.220 e. The second kappa shape index (κ2) is 10.7. The molecule has 2 aromatic rings. The molecule has 0 aliphatic rings. The van der Waals surface area contributed by atoms with E-state index in [0.29, 0.717) is 21.4 Å². The van der Waals surface area contributed by atoms with Gasteiger partial charge in [-0.1, -0.05) is 23.2 Å². The first-order valence-corrected chi connectivity index (χ1v) is 8.91. The predicted molar refractivity (Wildman–Crippen MR) is 122 cm³/mol. The molecule has 0 saturated carbocycles. The van der Waals surface area contributed by atoms with Crippen LogP contribution in [0.25, 0.3) is 0 Å². The summed E-state index contributed by atoms with van der Waals surface area (Å²) in [7, 11) is 0. The molecule has 12 heteroatoms. The highest BCUT2D eigenvalue weighted by atomic mass is 35.5. The van der Waals surface area contributed by atoms with E-state index in [1.807, 2.05) is 0 Å². The van der Waals surface area contributed by atoms with Crippen molar-refractivity contribution >= 4 is 58.4 Å². The lowest BCUT2D eigenvalue weighted by atomic mass is 10.3. The number of guanidine groups is 4. The summed E-state index contributed by atoms with van der Waals surface area (Å²) >= 11 is 11.6. The van der Waals surface area contributed by atoms with Gasteiger partial charge in [0.15, 0.2) is 0 Å². The monoisotopic (exact) mass is 434 g/mol. The molecule has 0 saturated heterocycles. The molecule has 10 N–H and O–H groups in total. The van der Waals surface area contributed by atoms with Gasteiger partial charge in [0, 0.05) is 21.4 Å². The van der Waals surface area contributed by atoms with Crippen LogP contribution in [0, 0.1) is 0 Å². The lowest BCUT2D eigenvalue weighted by Gasteiger charge is -2.05. The number of hydrogen-bond donors (Lipinski definition) is 6. The molecule has 0 aromatic heterocycles. The number of benzene rings is 2. The molecule has 10 nitrogen and oxygen atoms in total. The summed E-state index contributed by atoms with van der Waals surface area (Å²) in [6, 6.07) is 13.8. The van der Waals surface area contributed by atoms with Crippen LogP contribution < -0.4 is 33.6 Å². The van der Waals surface area contributed by atoms with Crippen molar-refractivity contribution in [3.63, 3.8) is 0 Å². The van der Waals surface area contributed by atoms with Crippen LogP contribution in [-0.2, 0) is 0 Å². The van der Waals surface area contributed by atoms with Gasteiger partial charge in [0.05, 0.1) is 0 Å². The zero-order valence-electron chi connectivity index (χ0n) is 15.2. The largest absolute Gasteiger partial charge is 0.369 e. The quantitative estimate of drug-likeness (QED) is 0.315. The molecule has 152 valence electrons. The number of anilines is 2. The maximum atomic E-state index is 5.82. The molecule has 0 atom stereocenters. The summed E-state index contributed by atoms with van der Waals surface area (Å²) in [4.78, 5) is 15.6. The number of nitrogens with zero attached hydrogens (tertiary/aromatic N) is 4. The van der Waals surface area contributed by atoms with Crippen LogP contribution in [0.2, 0.25) is 10.0 Å². The molecule has 2 aromatic carbocycles. The lowest BCUT2D eigenvalue weighted by molar-refractivity contribution is 1.04. The Morgan fingerprint density at radius 2 is 1.00 bits per heavy atom. The second-order valence-corrected chi connectivity index (χ2v) is 6.30. The van der Waals surface area contributed by atoms with Gasteiger partial charge >= 0.3 is 0 Å². The Balaban J connectivity index is 1.88. The fourth-order valence-corrected chi connectivity index (χ4v) is 2.17. The van der Waals surface area contributed by atoms with Gasteiger partial charge in [0.25, 0.3) is 0 Å². The number of nitrogens with one attached hydrogen (secondary N) is 2. The number of rotatable bonds is 4. The highest BCUT2D eigenvalue weighted by Gasteiger charge is 1.98. The molecule has 0 amide bonds. The fraction of sp³-hybridized carbons (Fsp3) is 0.0588. The van der Waals surface area contributed by atoms with Gasteiger partial charge in [0.2, 0.25) is 23.8 Å². The highest BCUT2D eigenvalue weighted by Crippen LogP contribution is 2.13. The minimum atomic E-state index is -0.104. The van der Waals surface area contributed by atoms with Crippen molar-refractivity contribution < 1.29 is 0 Å². The topological polar surface area (TPSA) is 178 Å². The fourth-order valence-electron chi connectivity index (χ4n) is 1.92. The molecular weight excluding hydrogens is 415 g/mol. The third-order valence-electron chi connectivity index (χ3n) is 3.17. The van der Waals surface area contributed by atoms with Crippen molar-refractivity contribution in [2.75, 3.05) is 17.3 Å². The second-order valence-electron chi connectivity index (χ2n) is 5.43. The van der Waals surface area contributed by atoms with Gasteiger partial charge in [-0.25, -0.2) is 9.98 Å². The van der Waals surface area contributed by atoms with E-state index in [1.54, 1.807) is 48.5 Å². The van der Waals surface area contributed by atoms with Crippen molar-refractivity contribution in [3.8, 4) is 0 Å². The molecule has 29 heavy (non-hydrogen) atoms. The molecule has 0 fully saturated rings. The normalized spacial score (nSPS) is 13.3. The Kier molecular flexibility index (Phi) is 8.07. The Morgan fingerprint density at radius 3 is 1.34 bits per heavy atom. The van der Waals surface area contributed by atoms with E-state index < -0.39 is 0 Å². The molecule has 0 unspecified atom stereocenters. The number of hydrogen-bond acceptors (Lipinski definition) is 2. The van der Waals surface area contributed by atoms with E-state index in [9.17, 15) is 0 Å². The average Bonchev–Trinajstić information content (AvgIpc) is 2.65. The minimum Gasteiger partial charge on any atom is -0.369 e. The summed E-state index contributed by atoms with van der Waals surface area (Å²) in [5.41, 5.74) is 24.3. The van der Waals surface area contributed by atoms with Crippen LogP contribution in [-0.4, -0.2) is 30.5 Å². The number of nitrogens with two attached hydrogens (primary N) is 4. The van der Waals surface area contributed by atoms with Crippen LogP contribution in [0.15, 0.2) is 68.5 Å². The first-order chi connectivity index (χ1) is 13.8. The molecule has 0 heterocycles. The Labute approximate surface area is 177 Å². The van der Waals surface area contributed by atoms with Crippen LogP contribution in [0.4, 0.5) is 11.4 Å². The summed E-state index contributed by atoms with van der Waals surface area (Å²) in [5, 5.41) is 6.90. The van der Waals surface area contributed by atoms with Crippen molar-refractivity contribution in [2.24, 2.45) is 42.9 Å². The number of aliphatic imine (C=N–C) groups is 4. The average molecular weight is 435 g/mol. The molecule has 0 radical (unpaired) electrons. The third-order valence-corrected chi connectivity index (χ3v) is 3.67. The van der Waals surface area contributed by atoms with Crippen LogP contribution in [0.5, 0.6) is 0 Å². The summed E-state index contributed by atoms with van der Waals surface area (Å²) < 4.78 is 0. The molecule has 0 spiro atoms. The van der Waals surface area contributed by atoms with Crippen LogP contribution in [0.3, 0.4) is 0 Å². The Morgan fingerprint density at radius 1 is 0.655 bits per heavy atom. The molecule has 0 aliphatic heterocycles. The zero-order chi connectivity index (χ0) is 21.2. The molecule has 0 bridgehead atoms. The SMILES string of the molecule is NC(=N\C/N=C(N)/N=C(\N)Nc1ccc(Cl)cc1)/N=C(\N)Nc1ccc(Cl)cc1. The van der Waals surface area contributed by atoms with Gasteiger partial charge in [-0.05, 0) is 48.5 Å². The standard InChI is InChI=1S/C17H20Cl2N10/c18-10-1-5-12(6-2-10)26-16(22)28-14(20)24-9-25-15(21)29-17(23)27-13-7-3-11(19)4-8-13/h1-8H,9H2,(H5,20,22,24,26,28)(H5,21,23,25,27,29). The van der Waals surface area contributed by atoms with E-state index in [2.05, 4.69) is 30.6 Å². The first-order valence-electron chi connectivity index (χ1n) is 8.15. The summed E-state index contributed by atoms with van der Waals surface area (Å²) in [6.45, 7) is -0.104. The van der Waals surface area contributed by atoms with E-state index in [1.165, 1.54) is 0 Å². The van der Waals surface area contributed by atoms with Gasteiger partial charge < -0.3 is 33.6 Å². The minimum absolute atomic E-state index is 0.0555. The van der Waals surface area contributed by atoms with Crippen LogP contribution >= 0.6 is 23.2 Å². The Bertz CT molecular complexity index is 856. The van der Waals surface area contributed by atoms with Crippen molar-refractivity contribution in [3.05, 3.63) is 58.6 Å².